The third-order valence-corrected chi connectivity index (χ3v) is 5.42. The topological polar surface area (TPSA) is 81.9 Å². The third kappa shape index (κ3) is 4.77. The van der Waals surface area contributed by atoms with Gasteiger partial charge in [-0.25, -0.2) is 9.97 Å². The summed E-state index contributed by atoms with van der Waals surface area (Å²) in [7, 11) is 1.66. The van der Waals surface area contributed by atoms with Gasteiger partial charge >= 0.3 is 0 Å². The molecule has 0 radical (unpaired) electrons. The lowest BCUT2D eigenvalue weighted by molar-refractivity contribution is 0.0928. The average Bonchev–Trinajstić information content (AvgIpc) is 3.21. The zero-order chi connectivity index (χ0) is 22.3. The molecule has 2 aromatic carbocycles. The first kappa shape index (κ1) is 21.5. The Kier molecular flexibility index (Phi) is 6.75. The van der Waals surface area contributed by atoms with Gasteiger partial charge in [-0.3, -0.25) is 9.78 Å². The van der Waals surface area contributed by atoms with Crippen molar-refractivity contribution in [2.75, 3.05) is 7.11 Å². The summed E-state index contributed by atoms with van der Waals surface area (Å²) in [5, 5.41) is 3.15. The van der Waals surface area contributed by atoms with E-state index < -0.39 is 0 Å². The summed E-state index contributed by atoms with van der Waals surface area (Å²) < 4.78 is 7.64. The number of aryl methyl sites for hydroxylation is 1. The van der Waals surface area contributed by atoms with Gasteiger partial charge in [-0.15, -0.1) is 0 Å². The van der Waals surface area contributed by atoms with Crippen LogP contribution in [0.25, 0.3) is 11.0 Å². The van der Waals surface area contributed by atoms with Gasteiger partial charge in [0.1, 0.15) is 17.3 Å². The van der Waals surface area contributed by atoms with Gasteiger partial charge in [-0.2, -0.15) is 0 Å². The van der Waals surface area contributed by atoms with Crippen LogP contribution in [0.2, 0.25) is 0 Å². The van der Waals surface area contributed by atoms with Crippen LogP contribution in [-0.4, -0.2) is 32.5 Å². The normalized spacial score (nSPS) is 11.9. The first-order chi connectivity index (χ1) is 15.7. The van der Waals surface area contributed by atoms with E-state index in [0.29, 0.717) is 6.42 Å². The van der Waals surface area contributed by atoms with Crippen LogP contribution in [0.15, 0.2) is 67.1 Å². The predicted octanol–water partition coefficient (Wildman–Crippen LogP) is 4.35. The summed E-state index contributed by atoms with van der Waals surface area (Å²) >= 11 is 0. The number of unbranched alkanes of at least 4 members (excludes halogenated alkanes) is 1. The lowest BCUT2D eigenvalue weighted by Crippen LogP contribution is -2.32. The van der Waals surface area contributed by atoms with Crippen molar-refractivity contribution in [3.8, 4) is 5.75 Å². The SMILES string of the molecule is CCCCn1c(C(Cc2ccccc2)NC(=O)c2cnccn2)nc2ccc(OC)cc21. The number of methoxy groups -OCH3 is 1. The van der Waals surface area contributed by atoms with Crippen molar-refractivity contribution in [3.63, 3.8) is 0 Å². The molecule has 1 amide bonds. The number of amides is 1. The van der Waals surface area contributed by atoms with Gasteiger partial charge in [0, 0.05) is 25.0 Å². The molecule has 0 spiro atoms. The quantitative estimate of drug-likeness (QED) is 0.428. The molecular formula is C25H27N5O2. The molecule has 7 heteroatoms. The highest BCUT2D eigenvalue weighted by molar-refractivity contribution is 5.92. The number of fused-ring (bicyclic) bond motifs is 1. The maximum Gasteiger partial charge on any atom is 0.272 e. The Morgan fingerprint density at radius 1 is 1.16 bits per heavy atom. The molecular weight excluding hydrogens is 402 g/mol. The van der Waals surface area contributed by atoms with E-state index in [2.05, 4.69) is 38.9 Å². The van der Waals surface area contributed by atoms with Crippen LogP contribution in [0.1, 0.15) is 47.7 Å². The number of hydrogen-bond donors (Lipinski definition) is 1. The molecule has 0 aliphatic rings. The largest absolute Gasteiger partial charge is 0.497 e. The second-order valence-corrected chi connectivity index (χ2v) is 7.64. The van der Waals surface area contributed by atoms with Crippen molar-refractivity contribution in [3.05, 3.63) is 84.2 Å². The second kappa shape index (κ2) is 10.0. The second-order valence-electron chi connectivity index (χ2n) is 7.64. The molecule has 4 aromatic rings. The predicted molar refractivity (Wildman–Crippen MR) is 124 cm³/mol. The number of rotatable bonds is 9. The molecule has 0 fully saturated rings. The highest BCUT2D eigenvalue weighted by atomic mass is 16.5. The smallest absolute Gasteiger partial charge is 0.272 e. The fraction of sp³-hybridized carbons (Fsp3) is 0.280. The highest BCUT2D eigenvalue weighted by Crippen LogP contribution is 2.27. The van der Waals surface area contributed by atoms with E-state index in [0.717, 1.165) is 47.6 Å². The van der Waals surface area contributed by atoms with Crippen molar-refractivity contribution in [1.82, 2.24) is 24.8 Å². The molecule has 0 saturated heterocycles. The van der Waals surface area contributed by atoms with Crippen molar-refractivity contribution < 1.29 is 9.53 Å². The Morgan fingerprint density at radius 3 is 2.72 bits per heavy atom. The first-order valence-corrected chi connectivity index (χ1v) is 10.8. The number of benzene rings is 2. The Bertz CT molecular complexity index is 1180. The van der Waals surface area contributed by atoms with E-state index in [-0.39, 0.29) is 17.6 Å². The fourth-order valence-corrected chi connectivity index (χ4v) is 3.77. The molecule has 7 nitrogen and oxygen atoms in total. The van der Waals surface area contributed by atoms with E-state index in [1.54, 1.807) is 13.3 Å². The Hall–Kier alpha value is -3.74. The molecule has 164 valence electrons. The number of nitrogens with zero attached hydrogens (tertiary/aromatic N) is 4. The van der Waals surface area contributed by atoms with Crippen LogP contribution in [0.5, 0.6) is 5.75 Å². The number of aromatic nitrogens is 4. The molecule has 0 aliphatic heterocycles. The number of ether oxygens (including phenoxy) is 1. The van der Waals surface area contributed by atoms with Gasteiger partial charge in [0.15, 0.2) is 0 Å². The first-order valence-electron chi connectivity index (χ1n) is 10.8. The molecule has 2 heterocycles. The van der Waals surface area contributed by atoms with Crippen LogP contribution in [-0.2, 0) is 13.0 Å². The zero-order valence-electron chi connectivity index (χ0n) is 18.4. The molecule has 0 bridgehead atoms. The van der Waals surface area contributed by atoms with Crippen LogP contribution in [0.3, 0.4) is 0 Å². The van der Waals surface area contributed by atoms with Gasteiger partial charge < -0.3 is 14.6 Å². The number of carbonyl (C=O) groups excluding carboxylic acids is 1. The van der Waals surface area contributed by atoms with E-state index in [1.165, 1.54) is 12.4 Å². The number of nitrogens with one attached hydrogen (secondary N) is 1. The van der Waals surface area contributed by atoms with Gasteiger partial charge in [0.2, 0.25) is 0 Å². The van der Waals surface area contributed by atoms with Crippen molar-refractivity contribution >= 4 is 16.9 Å². The van der Waals surface area contributed by atoms with Gasteiger partial charge in [0.25, 0.3) is 5.91 Å². The zero-order valence-corrected chi connectivity index (χ0v) is 18.4. The summed E-state index contributed by atoms with van der Waals surface area (Å²) in [6.07, 6.45) is 7.21. The molecule has 0 aliphatic carbocycles. The molecule has 32 heavy (non-hydrogen) atoms. The Labute approximate surface area is 187 Å². The summed E-state index contributed by atoms with van der Waals surface area (Å²) in [4.78, 5) is 26.1. The van der Waals surface area contributed by atoms with Crippen molar-refractivity contribution in [1.29, 1.82) is 0 Å². The van der Waals surface area contributed by atoms with Gasteiger partial charge in [-0.05, 0) is 30.5 Å². The minimum atomic E-state index is -0.331. The summed E-state index contributed by atoms with van der Waals surface area (Å²) in [5.41, 5.74) is 3.27. The van der Waals surface area contributed by atoms with Crippen LogP contribution in [0.4, 0.5) is 0 Å². The molecule has 1 atom stereocenters. The van der Waals surface area contributed by atoms with E-state index in [9.17, 15) is 4.79 Å². The lowest BCUT2D eigenvalue weighted by atomic mass is 10.0. The fourth-order valence-electron chi connectivity index (χ4n) is 3.77. The lowest BCUT2D eigenvalue weighted by Gasteiger charge is -2.20. The molecule has 0 saturated carbocycles. The van der Waals surface area contributed by atoms with Crippen LogP contribution < -0.4 is 10.1 Å². The number of imidazole rings is 1. The van der Waals surface area contributed by atoms with E-state index in [1.807, 2.05) is 36.4 Å². The highest BCUT2D eigenvalue weighted by Gasteiger charge is 2.24. The average molecular weight is 430 g/mol. The maximum absolute atomic E-state index is 13.0. The monoisotopic (exact) mass is 429 g/mol. The minimum absolute atomic E-state index is 0.272. The summed E-state index contributed by atoms with van der Waals surface area (Å²) in [6.45, 7) is 2.97. The molecule has 1 unspecified atom stereocenters. The van der Waals surface area contributed by atoms with E-state index in [4.69, 9.17) is 9.72 Å². The standard InChI is InChI=1S/C25H27N5O2/c1-3-4-14-30-23-16-19(32-2)10-11-20(23)28-24(30)21(15-18-8-6-5-7-9-18)29-25(31)22-17-26-12-13-27-22/h5-13,16-17,21H,3-4,14-15H2,1-2H3,(H,29,31). The van der Waals surface area contributed by atoms with E-state index >= 15 is 0 Å². The van der Waals surface area contributed by atoms with Crippen LogP contribution in [0, 0.1) is 0 Å². The number of carbonyl (C=O) groups is 1. The Morgan fingerprint density at radius 2 is 2.00 bits per heavy atom. The summed E-state index contributed by atoms with van der Waals surface area (Å²) in [6, 6.07) is 15.7. The molecule has 2 aromatic heterocycles. The molecule has 4 rings (SSSR count). The summed E-state index contributed by atoms with van der Waals surface area (Å²) in [5.74, 6) is 1.33. The number of hydrogen-bond acceptors (Lipinski definition) is 5. The van der Waals surface area contributed by atoms with Gasteiger partial charge in [0.05, 0.1) is 30.4 Å². The third-order valence-electron chi connectivity index (χ3n) is 5.42. The van der Waals surface area contributed by atoms with Crippen LogP contribution >= 0.6 is 0 Å². The maximum atomic E-state index is 13.0. The van der Waals surface area contributed by atoms with Crippen molar-refractivity contribution in [2.45, 2.75) is 38.8 Å². The molecule has 1 N–H and O–H groups in total. The minimum Gasteiger partial charge on any atom is -0.497 e. The van der Waals surface area contributed by atoms with Crippen molar-refractivity contribution in [2.24, 2.45) is 0 Å². The Balaban J connectivity index is 1.77. The van der Waals surface area contributed by atoms with Gasteiger partial charge in [-0.1, -0.05) is 43.7 Å².